The Kier molecular flexibility index (Phi) is 4.15. The van der Waals surface area contributed by atoms with Gasteiger partial charge in [-0.2, -0.15) is 0 Å². The third-order valence-corrected chi connectivity index (χ3v) is 6.18. The van der Waals surface area contributed by atoms with Crippen LogP contribution in [0.25, 0.3) is 11.3 Å². The number of carbonyl (C=O) groups is 2. The minimum Gasteiger partial charge on any atom is -0.550 e. The van der Waals surface area contributed by atoms with Crippen molar-refractivity contribution in [2.75, 3.05) is 5.32 Å². The Morgan fingerprint density at radius 3 is 2.62 bits per heavy atom. The number of hydrogen-bond acceptors (Lipinski definition) is 5. The lowest BCUT2D eigenvalue weighted by molar-refractivity contribution is -0.313. The van der Waals surface area contributed by atoms with Gasteiger partial charge in [0.15, 0.2) is 5.13 Å². The molecule has 1 saturated carbocycles. The van der Waals surface area contributed by atoms with Crippen molar-refractivity contribution in [2.45, 2.75) is 20.3 Å². The fourth-order valence-corrected chi connectivity index (χ4v) is 4.96. The number of nitrogens with one attached hydrogen (secondary N) is 1. The number of anilines is 1. The van der Waals surface area contributed by atoms with Crippen molar-refractivity contribution in [2.24, 2.45) is 23.7 Å². The molecule has 4 rings (SSSR count). The summed E-state index contributed by atoms with van der Waals surface area (Å²) in [6.07, 6.45) is 4.57. The number of benzene rings is 1. The van der Waals surface area contributed by atoms with E-state index in [-0.39, 0.29) is 17.7 Å². The standard InChI is InChI=1S/C20H20N2O3S/c1-10-3-6-14(11(2)7-10)15-9-26-20(21-15)22-18(23)16-12-4-5-13(8-12)17(16)19(24)25/h3-7,9,12-13,16-17H,8H2,1-2H3,(H,24,25)(H,21,22,23)/p-1/t12-,13-,16+,17-/m0/s1. The minimum absolute atomic E-state index is 0.0262. The van der Waals surface area contributed by atoms with Crippen LogP contribution in [0.4, 0.5) is 5.13 Å². The molecule has 134 valence electrons. The number of carboxylic acid groups (broad SMARTS) is 1. The highest BCUT2D eigenvalue weighted by Gasteiger charge is 2.48. The molecule has 1 fully saturated rings. The van der Waals surface area contributed by atoms with Crippen LogP contribution in [0.1, 0.15) is 17.5 Å². The van der Waals surface area contributed by atoms with Crippen LogP contribution in [0.3, 0.4) is 0 Å². The first-order chi connectivity index (χ1) is 12.4. The number of carboxylic acids is 1. The number of aromatic nitrogens is 1. The first-order valence-electron chi connectivity index (χ1n) is 8.67. The monoisotopic (exact) mass is 367 g/mol. The Balaban J connectivity index is 1.53. The summed E-state index contributed by atoms with van der Waals surface area (Å²) in [7, 11) is 0. The van der Waals surface area contributed by atoms with Crippen LogP contribution in [-0.2, 0) is 9.59 Å². The lowest BCUT2D eigenvalue weighted by Crippen LogP contribution is -2.42. The highest BCUT2D eigenvalue weighted by molar-refractivity contribution is 7.14. The van der Waals surface area contributed by atoms with E-state index in [9.17, 15) is 14.7 Å². The lowest BCUT2D eigenvalue weighted by Gasteiger charge is -2.27. The molecule has 1 amide bonds. The average molecular weight is 367 g/mol. The SMILES string of the molecule is Cc1ccc(-c2csc(NC(=O)[C@H]3[C@@H](C(=O)[O-])[C@H]4C=C[C@H]3C4)n2)c(C)c1. The average Bonchev–Trinajstić information content (AvgIpc) is 3.29. The minimum atomic E-state index is -1.14. The summed E-state index contributed by atoms with van der Waals surface area (Å²) < 4.78 is 0. The van der Waals surface area contributed by atoms with E-state index >= 15 is 0 Å². The van der Waals surface area contributed by atoms with Crippen LogP contribution in [0.5, 0.6) is 0 Å². The zero-order valence-corrected chi connectivity index (χ0v) is 15.4. The van der Waals surface area contributed by atoms with E-state index in [2.05, 4.69) is 16.4 Å². The number of nitrogens with zero attached hydrogens (tertiary/aromatic N) is 1. The summed E-state index contributed by atoms with van der Waals surface area (Å²) in [4.78, 5) is 28.7. The fraction of sp³-hybridized carbons (Fsp3) is 0.350. The molecule has 0 unspecified atom stereocenters. The Bertz CT molecular complexity index is 918. The number of hydrogen-bond donors (Lipinski definition) is 1. The predicted octanol–water partition coefficient (Wildman–Crippen LogP) is 2.55. The van der Waals surface area contributed by atoms with Gasteiger partial charge in [-0.1, -0.05) is 35.9 Å². The molecule has 1 heterocycles. The third-order valence-electron chi connectivity index (χ3n) is 5.43. The van der Waals surface area contributed by atoms with E-state index in [1.807, 2.05) is 43.5 Å². The van der Waals surface area contributed by atoms with Crippen LogP contribution in [0, 0.1) is 37.5 Å². The first kappa shape index (κ1) is 17.0. The van der Waals surface area contributed by atoms with Crippen LogP contribution in [0.15, 0.2) is 35.7 Å². The molecule has 0 aliphatic heterocycles. The van der Waals surface area contributed by atoms with Crippen LogP contribution in [-0.4, -0.2) is 16.9 Å². The Morgan fingerprint density at radius 1 is 1.19 bits per heavy atom. The molecular formula is C20H19N2O3S-. The first-order valence-corrected chi connectivity index (χ1v) is 9.55. The fourth-order valence-electron chi connectivity index (χ4n) is 4.25. The maximum absolute atomic E-state index is 12.7. The van der Waals surface area contributed by atoms with Gasteiger partial charge in [-0.3, -0.25) is 4.79 Å². The summed E-state index contributed by atoms with van der Waals surface area (Å²) in [5, 5.41) is 16.7. The Morgan fingerprint density at radius 2 is 1.92 bits per heavy atom. The van der Waals surface area contributed by atoms with E-state index in [0.29, 0.717) is 11.6 Å². The second-order valence-corrected chi connectivity index (χ2v) is 8.02. The van der Waals surface area contributed by atoms with Gasteiger partial charge in [-0.05, 0) is 37.7 Å². The summed E-state index contributed by atoms with van der Waals surface area (Å²) in [5.74, 6) is -2.87. The second kappa shape index (κ2) is 6.36. The topological polar surface area (TPSA) is 82.1 Å². The van der Waals surface area contributed by atoms with Gasteiger partial charge in [0.2, 0.25) is 5.91 Å². The van der Waals surface area contributed by atoms with E-state index in [1.54, 1.807) is 0 Å². The molecule has 0 saturated heterocycles. The molecule has 6 heteroatoms. The van der Waals surface area contributed by atoms with Crippen molar-refractivity contribution in [3.05, 3.63) is 46.9 Å². The Labute approximate surface area is 155 Å². The maximum Gasteiger partial charge on any atom is 0.230 e. The molecule has 1 N–H and O–H groups in total. The number of allylic oxidation sites excluding steroid dienone is 2. The van der Waals surface area contributed by atoms with Crippen molar-refractivity contribution in [3.8, 4) is 11.3 Å². The van der Waals surface area contributed by atoms with Gasteiger partial charge in [-0.25, -0.2) is 4.98 Å². The highest BCUT2D eigenvalue weighted by atomic mass is 32.1. The van der Waals surface area contributed by atoms with Crippen molar-refractivity contribution in [1.29, 1.82) is 0 Å². The summed E-state index contributed by atoms with van der Waals surface area (Å²) in [6, 6.07) is 6.16. The summed E-state index contributed by atoms with van der Waals surface area (Å²) in [5.41, 5.74) is 4.16. The molecule has 2 bridgehead atoms. The van der Waals surface area contributed by atoms with E-state index < -0.39 is 17.8 Å². The molecule has 26 heavy (non-hydrogen) atoms. The molecule has 2 aliphatic carbocycles. The maximum atomic E-state index is 12.7. The Hall–Kier alpha value is -2.47. The van der Waals surface area contributed by atoms with Crippen molar-refractivity contribution in [1.82, 2.24) is 4.98 Å². The van der Waals surface area contributed by atoms with Crippen molar-refractivity contribution >= 4 is 28.3 Å². The second-order valence-electron chi connectivity index (χ2n) is 7.16. The molecule has 1 aromatic heterocycles. The van der Waals surface area contributed by atoms with Crippen molar-refractivity contribution in [3.63, 3.8) is 0 Å². The molecule has 5 nitrogen and oxygen atoms in total. The highest BCUT2D eigenvalue weighted by Crippen LogP contribution is 2.48. The normalized spacial score (nSPS) is 26.2. The van der Waals surface area contributed by atoms with E-state index in [1.165, 1.54) is 16.9 Å². The van der Waals surface area contributed by atoms with E-state index in [0.717, 1.165) is 16.8 Å². The number of fused-ring (bicyclic) bond motifs is 2. The van der Waals surface area contributed by atoms with Gasteiger partial charge in [0.1, 0.15) is 0 Å². The van der Waals surface area contributed by atoms with E-state index in [4.69, 9.17) is 0 Å². The lowest BCUT2D eigenvalue weighted by atomic mass is 9.82. The zero-order valence-electron chi connectivity index (χ0n) is 14.6. The quantitative estimate of drug-likeness (QED) is 0.842. The predicted molar refractivity (Wildman–Crippen MR) is 98.4 cm³/mol. The van der Waals surface area contributed by atoms with Gasteiger partial charge in [0, 0.05) is 22.8 Å². The third kappa shape index (κ3) is 2.84. The zero-order chi connectivity index (χ0) is 18.4. The van der Waals surface area contributed by atoms with Gasteiger partial charge in [-0.15, -0.1) is 11.3 Å². The number of carbonyl (C=O) groups excluding carboxylic acids is 2. The van der Waals surface area contributed by atoms with Gasteiger partial charge in [0.05, 0.1) is 11.6 Å². The smallest absolute Gasteiger partial charge is 0.230 e. The summed E-state index contributed by atoms with van der Waals surface area (Å²) in [6.45, 7) is 4.08. The molecule has 2 aromatic rings. The molecule has 1 aromatic carbocycles. The van der Waals surface area contributed by atoms with Crippen LogP contribution < -0.4 is 10.4 Å². The number of aryl methyl sites for hydroxylation is 2. The number of thiazole rings is 1. The molecule has 4 atom stereocenters. The van der Waals surface area contributed by atoms with Crippen molar-refractivity contribution < 1.29 is 14.7 Å². The molecule has 2 aliphatic rings. The van der Waals surface area contributed by atoms with Crippen LogP contribution in [0.2, 0.25) is 0 Å². The summed E-state index contributed by atoms with van der Waals surface area (Å²) >= 11 is 1.35. The van der Waals surface area contributed by atoms with Gasteiger partial charge >= 0.3 is 0 Å². The molecule has 0 radical (unpaired) electrons. The van der Waals surface area contributed by atoms with Crippen LogP contribution >= 0.6 is 11.3 Å². The number of aliphatic carboxylic acids is 1. The largest absolute Gasteiger partial charge is 0.550 e. The number of rotatable bonds is 4. The number of amides is 1. The molecular weight excluding hydrogens is 348 g/mol. The molecule has 0 spiro atoms. The van der Waals surface area contributed by atoms with Gasteiger partial charge < -0.3 is 15.2 Å². The van der Waals surface area contributed by atoms with Gasteiger partial charge in [0.25, 0.3) is 0 Å².